The van der Waals surface area contributed by atoms with Crippen LogP contribution in [0, 0.1) is 5.82 Å². The molecule has 0 amide bonds. The van der Waals surface area contributed by atoms with E-state index in [2.05, 4.69) is 19.6 Å². The Morgan fingerprint density at radius 2 is 2.31 bits per heavy atom. The van der Waals surface area contributed by atoms with E-state index in [9.17, 15) is 9.18 Å². The van der Waals surface area contributed by atoms with Gasteiger partial charge in [0.15, 0.2) is 0 Å². The van der Waals surface area contributed by atoms with Gasteiger partial charge < -0.3 is 4.42 Å². The van der Waals surface area contributed by atoms with Crippen molar-refractivity contribution >= 4 is 0 Å². The fourth-order valence-electron chi connectivity index (χ4n) is 0.882. The third kappa shape index (κ3) is 1.46. The topological polar surface area (TPSA) is 71.8 Å². The molecule has 0 saturated heterocycles. The van der Waals surface area contributed by atoms with E-state index < -0.39 is 11.6 Å². The summed E-state index contributed by atoms with van der Waals surface area (Å²) in [4.78, 5) is 14.1. The van der Waals surface area contributed by atoms with Crippen LogP contribution < -0.4 is 5.76 Å². The van der Waals surface area contributed by atoms with E-state index in [1.165, 1.54) is 12.3 Å². The minimum absolute atomic E-state index is 0.0250. The minimum Gasteiger partial charge on any atom is -0.388 e. The average molecular weight is 181 g/mol. The van der Waals surface area contributed by atoms with Crippen molar-refractivity contribution < 1.29 is 8.81 Å². The maximum atomic E-state index is 12.6. The molecule has 0 aromatic carbocycles. The summed E-state index contributed by atoms with van der Waals surface area (Å²) in [6.07, 6.45) is 2.40. The fraction of sp³-hybridized carbons (Fsp3) is 0. The van der Waals surface area contributed by atoms with Crippen molar-refractivity contribution in [1.82, 2.24) is 15.2 Å². The minimum atomic E-state index is -0.681. The molecule has 2 rings (SSSR count). The Hall–Kier alpha value is -1.98. The quantitative estimate of drug-likeness (QED) is 0.697. The Morgan fingerprint density at radius 1 is 1.46 bits per heavy atom. The predicted octanol–water partition coefficient (Wildman–Crippen LogP) is 0.564. The molecule has 0 radical (unpaired) electrons. The molecule has 0 spiro atoms. The third-order valence-corrected chi connectivity index (χ3v) is 1.39. The molecule has 1 N–H and O–H groups in total. The molecule has 2 aromatic rings. The van der Waals surface area contributed by atoms with Crippen LogP contribution >= 0.6 is 0 Å². The van der Waals surface area contributed by atoms with E-state index in [-0.39, 0.29) is 5.89 Å². The van der Waals surface area contributed by atoms with Gasteiger partial charge in [0.25, 0.3) is 5.89 Å². The highest BCUT2D eigenvalue weighted by Crippen LogP contribution is 2.13. The molecule has 0 aliphatic heterocycles. The van der Waals surface area contributed by atoms with E-state index in [0.29, 0.717) is 5.56 Å². The first-order chi connectivity index (χ1) is 6.25. The zero-order chi connectivity index (χ0) is 9.26. The van der Waals surface area contributed by atoms with Crippen LogP contribution in [0.25, 0.3) is 11.5 Å². The molecule has 2 aromatic heterocycles. The lowest BCUT2D eigenvalue weighted by molar-refractivity contribution is 0.525. The predicted molar refractivity (Wildman–Crippen MR) is 40.3 cm³/mol. The molecule has 13 heavy (non-hydrogen) atoms. The maximum Gasteiger partial charge on any atom is 0.434 e. The summed E-state index contributed by atoms with van der Waals surface area (Å²) >= 11 is 0. The number of pyridine rings is 1. The smallest absolute Gasteiger partial charge is 0.388 e. The standard InChI is InChI=1S/C7H4FN3O2/c8-5-1-4(2-9-3-5)6-10-11-7(12)13-6/h1-3H,(H,11,12). The van der Waals surface area contributed by atoms with Crippen molar-refractivity contribution in [3.8, 4) is 11.5 Å². The molecule has 6 heteroatoms. The van der Waals surface area contributed by atoms with Crippen molar-refractivity contribution in [2.45, 2.75) is 0 Å². The van der Waals surface area contributed by atoms with E-state index in [4.69, 9.17) is 0 Å². The van der Waals surface area contributed by atoms with Gasteiger partial charge in [-0.3, -0.25) is 4.98 Å². The first kappa shape index (κ1) is 7.66. The second-order valence-corrected chi connectivity index (χ2v) is 2.31. The number of hydrogen-bond donors (Lipinski definition) is 1. The number of aromatic nitrogens is 3. The zero-order valence-corrected chi connectivity index (χ0v) is 6.32. The van der Waals surface area contributed by atoms with Crippen molar-refractivity contribution in [3.05, 3.63) is 34.8 Å². The van der Waals surface area contributed by atoms with Crippen LogP contribution in [0.3, 0.4) is 0 Å². The Morgan fingerprint density at radius 3 is 2.92 bits per heavy atom. The maximum absolute atomic E-state index is 12.6. The summed E-state index contributed by atoms with van der Waals surface area (Å²) in [5.74, 6) is -1.17. The van der Waals surface area contributed by atoms with Gasteiger partial charge in [0.2, 0.25) is 0 Å². The van der Waals surface area contributed by atoms with Crippen LogP contribution in [0.2, 0.25) is 0 Å². The lowest BCUT2D eigenvalue weighted by Crippen LogP contribution is -1.93. The highest BCUT2D eigenvalue weighted by molar-refractivity contribution is 5.49. The Kier molecular flexibility index (Phi) is 1.66. The number of H-pyrrole nitrogens is 1. The molecule has 0 saturated carbocycles. The number of rotatable bonds is 1. The lowest BCUT2D eigenvalue weighted by Gasteiger charge is -1.91. The van der Waals surface area contributed by atoms with Crippen molar-refractivity contribution in [3.63, 3.8) is 0 Å². The first-order valence-corrected chi connectivity index (χ1v) is 3.42. The largest absolute Gasteiger partial charge is 0.434 e. The van der Waals surface area contributed by atoms with Crippen LogP contribution in [-0.2, 0) is 0 Å². The van der Waals surface area contributed by atoms with Crippen LogP contribution in [0.15, 0.2) is 27.7 Å². The van der Waals surface area contributed by atoms with Crippen molar-refractivity contribution in [1.29, 1.82) is 0 Å². The summed E-state index contributed by atoms with van der Waals surface area (Å²) in [5, 5.41) is 5.58. The van der Waals surface area contributed by atoms with E-state index >= 15 is 0 Å². The summed E-state index contributed by atoms with van der Waals surface area (Å²) < 4.78 is 17.2. The number of nitrogens with zero attached hydrogens (tertiary/aromatic N) is 2. The fourth-order valence-corrected chi connectivity index (χ4v) is 0.882. The van der Waals surface area contributed by atoms with Gasteiger partial charge in [-0.1, -0.05) is 0 Å². The Balaban J connectivity index is 2.52. The van der Waals surface area contributed by atoms with Crippen LogP contribution in [0.5, 0.6) is 0 Å². The number of nitrogens with one attached hydrogen (secondary N) is 1. The van der Waals surface area contributed by atoms with Crippen LogP contribution in [0.1, 0.15) is 0 Å². The SMILES string of the molecule is O=c1[nH]nc(-c2cncc(F)c2)o1. The molecular weight excluding hydrogens is 177 g/mol. The zero-order valence-electron chi connectivity index (χ0n) is 6.32. The molecule has 66 valence electrons. The summed E-state index contributed by atoms with van der Waals surface area (Å²) in [6.45, 7) is 0. The van der Waals surface area contributed by atoms with E-state index in [1.54, 1.807) is 0 Å². The summed E-state index contributed by atoms with van der Waals surface area (Å²) in [6, 6.07) is 1.17. The summed E-state index contributed by atoms with van der Waals surface area (Å²) in [7, 11) is 0. The monoisotopic (exact) mass is 181 g/mol. The van der Waals surface area contributed by atoms with Crippen LogP contribution in [0.4, 0.5) is 4.39 Å². The van der Waals surface area contributed by atoms with Gasteiger partial charge in [-0.15, -0.1) is 5.10 Å². The number of aromatic amines is 1. The van der Waals surface area contributed by atoms with Gasteiger partial charge >= 0.3 is 5.76 Å². The molecule has 0 aliphatic rings. The Bertz CT molecular complexity index is 476. The Labute approximate surface area is 71.2 Å². The molecule has 2 heterocycles. The first-order valence-electron chi connectivity index (χ1n) is 3.42. The second kappa shape index (κ2) is 2.81. The highest BCUT2D eigenvalue weighted by Gasteiger charge is 2.05. The average Bonchev–Trinajstić information content (AvgIpc) is 2.52. The summed E-state index contributed by atoms with van der Waals surface area (Å²) in [5.41, 5.74) is 0.318. The van der Waals surface area contributed by atoms with Gasteiger partial charge in [-0.05, 0) is 6.07 Å². The van der Waals surface area contributed by atoms with Gasteiger partial charge in [0, 0.05) is 6.20 Å². The van der Waals surface area contributed by atoms with Crippen LogP contribution in [-0.4, -0.2) is 15.2 Å². The van der Waals surface area contributed by atoms with Gasteiger partial charge in [0.1, 0.15) is 5.82 Å². The second-order valence-electron chi connectivity index (χ2n) is 2.31. The molecule has 0 atom stereocenters. The van der Waals surface area contributed by atoms with Gasteiger partial charge in [0.05, 0.1) is 11.8 Å². The molecule has 0 aliphatic carbocycles. The lowest BCUT2D eigenvalue weighted by atomic mass is 10.3. The van der Waals surface area contributed by atoms with Gasteiger partial charge in [-0.25, -0.2) is 14.3 Å². The van der Waals surface area contributed by atoms with Crippen molar-refractivity contribution in [2.75, 3.05) is 0 Å². The highest BCUT2D eigenvalue weighted by atomic mass is 19.1. The van der Waals surface area contributed by atoms with E-state index in [1.807, 2.05) is 0 Å². The number of halogens is 1. The third-order valence-electron chi connectivity index (χ3n) is 1.39. The molecular formula is C7H4FN3O2. The molecule has 5 nitrogen and oxygen atoms in total. The molecule has 0 bridgehead atoms. The normalized spacial score (nSPS) is 10.2. The number of hydrogen-bond acceptors (Lipinski definition) is 4. The molecule has 0 fully saturated rings. The molecule has 0 unspecified atom stereocenters. The van der Waals surface area contributed by atoms with Gasteiger partial charge in [-0.2, -0.15) is 0 Å². The van der Waals surface area contributed by atoms with E-state index in [0.717, 1.165) is 6.20 Å². The van der Waals surface area contributed by atoms with Crippen molar-refractivity contribution in [2.24, 2.45) is 0 Å².